The molecular formula is C31H25BrN2O5. The lowest BCUT2D eigenvalue weighted by atomic mass is 10.0. The third-order valence-electron chi connectivity index (χ3n) is 6.53. The molecular weight excluding hydrogens is 560 g/mol. The van der Waals surface area contributed by atoms with Gasteiger partial charge in [0.25, 0.3) is 11.8 Å². The van der Waals surface area contributed by atoms with Gasteiger partial charge in [0, 0.05) is 0 Å². The number of nitrogens with zero attached hydrogens (tertiary/aromatic N) is 1. The Labute approximate surface area is 234 Å². The third kappa shape index (κ3) is 5.15. The molecule has 0 spiro atoms. The summed E-state index contributed by atoms with van der Waals surface area (Å²) in [6.07, 6.45) is 2.05. The molecule has 8 heteroatoms. The Bertz CT molecular complexity index is 1640. The molecule has 5 rings (SSSR count). The van der Waals surface area contributed by atoms with Crippen LogP contribution in [0.15, 0.2) is 88.9 Å². The number of amides is 4. The zero-order chi connectivity index (χ0) is 27.5. The van der Waals surface area contributed by atoms with Gasteiger partial charge in [0.05, 0.1) is 17.3 Å². The van der Waals surface area contributed by atoms with Crippen LogP contribution in [0.5, 0.6) is 11.5 Å². The second-order valence-electron chi connectivity index (χ2n) is 8.90. The predicted octanol–water partition coefficient (Wildman–Crippen LogP) is 6.42. The van der Waals surface area contributed by atoms with Gasteiger partial charge in [0.1, 0.15) is 12.2 Å². The SMILES string of the molecule is CCc1ccccc1N1C(=O)NC(=O)/C(=C/c2cc(Br)c(OCc3cccc4ccccc34)c(OC)c2)C1=O. The van der Waals surface area contributed by atoms with Crippen molar-refractivity contribution in [3.8, 4) is 11.5 Å². The number of imide groups is 2. The normalized spacial score (nSPS) is 14.6. The van der Waals surface area contributed by atoms with Crippen LogP contribution in [-0.2, 0) is 22.6 Å². The number of anilines is 1. The minimum Gasteiger partial charge on any atom is -0.493 e. The second kappa shape index (κ2) is 11.1. The Morgan fingerprint density at radius 1 is 0.923 bits per heavy atom. The van der Waals surface area contributed by atoms with Gasteiger partial charge in [-0.3, -0.25) is 14.9 Å². The number of fused-ring (bicyclic) bond motifs is 1. The van der Waals surface area contributed by atoms with Gasteiger partial charge in [0.15, 0.2) is 11.5 Å². The molecule has 0 aromatic heterocycles. The monoisotopic (exact) mass is 584 g/mol. The minimum absolute atomic E-state index is 0.168. The maximum atomic E-state index is 13.4. The number of carbonyl (C=O) groups excluding carboxylic acids is 3. The second-order valence-corrected chi connectivity index (χ2v) is 9.76. The van der Waals surface area contributed by atoms with Crippen molar-refractivity contribution in [2.24, 2.45) is 0 Å². The molecule has 4 aromatic carbocycles. The summed E-state index contributed by atoms with van der Waals surface area (Å²) in [6, 6.07) is 23.9. The van der Waals surface area contributed by atoms with Crippen molar-refractivity contribution in [3.05, 3.63) is 106 Å². The van der Waals surface area contributed by atoms with Crippen molar-refractivity contribution in [3.63, 3.8) is 0 Å². The Hall–Kier alpha value is -4.43. The largest absolute Gasteiger partial charge is 0.493 e. The standard InChI is InChI=1S/C31H25BrN2O5/c1-3-20-9-5-7-14-26(20)34-30(36)24(29(35)33-31(34)37)15-19-16-25(32)28(27(17-19)38-2)39-18-22-12-8-11-21-10-4-6-13-23(21)22/h4-17H,3,18H2,1-2H3,(H,33,35,37)/b24-15-. The van der Waals surface area contributed by atoms with Crippen LogP contribution in [0.4, 0.5) is 10.5 Å². The molecule has 0 bridgehead atoms. The van der Waals surface area contributed by atoms with Crippen LogP contribution in [0.2, 0.25) is 0 Å². The Kier molecular flexibility index (Phi) is 7.47. The smallest absolute Gasteiger partial charge is 0.335 e. The van der Waals surface area contributed by atoms with Gasteiger partial charge in [0.2, 0.25) is 0 Å². The number of urea groups is 1. The Morgan fingerprint density at radius 3 is 2.44 bits per heavy atom. The summed E-state index contributed by atoms with van der Waals surface area (Å²) >= 11 is 3.55. The van der Waals surface area contributed by atoms with Crippen LogP contribution >= 0.6 is 15.9 Å². The fourth-order valence-corrected chi connectivity index (χ4v) is 5.18. The zero-order valence-electron chi connectivity index (χ0n) is 21.4. The lowest BCUT2D eigenvalue weighted by Crippen LogP contribution is -2.54. The molecule has 1 aliphatic rings. The summed E-state index contributed by atoms with van der Waals surface area (Å²) in [5.74, 6) is -0.553. The first-order valence-electron chi connectivity index (χ1n) is 12.4. The number of para-hydroxylation sites is 1. The number of aryl methyl sites for hydroxylation is 1. The number of rotatable bonds is 7. The lowest BCUT2D eigenvalue weighted by Gasteiger charge is -2.28. The number of ether oxygens (including phenoxy) is 2. The van der Waals surface area contributed by atoms with E-state index in [0.717, 1.165) is 26.8 Å². The summed E-state index contributed by atoms with van der Waals surface area (Å²) in [5, 5.41) is 4.50. The van der Waals surface area contributed by atoms with Gasteiger partial charge in [-0.05, 0) is 74.1 Å². The number of nitrogens with one attached hydrogen (secondary N) is 1. The van der Waals surface area contributed by atoms with Gasteiger partial charge >= 0.3 is 6.03 Å². The Morgan fingerprint density at radius 2 is 1.64 bits per heavy atom. The van der Waals surface area contributed by atoms with Crippen molar-refractivity contribution in [2.45, 2.75) is 20.0 Å². The average molecular weight is 585 g/mol. The minimum atomic E-state index is -0.779. The van der Waals surface area contributed by atoms with Gasteiger partial charge < -0.3 is 9.47 Å². The van der Waals surface area contributed by atoms with Crippen LogP contribution in [0.3, 0.4) is 0 Å². The van der Waals surface area contributed by atoms with E-state index in [4.69, 9.17) is 9.47 Å². The van der Waals surface area contributed by atoms with Crippen LogP contribution in [0.25, 0.3) is 16.8 Å². The molecule has 0 radical (unpaired) electrons. The summed E-state index contributed by atoms with van der Waals surface area (Å²) in [6.45, 7) is 2.24. The first-order valence-corrected chi connectivity index (χ1v) is 13.2. The number of hydrogen-bond acceptors (Lipinski definition) is 5. The van der Waals surface area contributed by atoms with Gasteiger partial charge in [-0.25, -0.2) is 9.69 Å². The maximum absolute atomic E-state index is 13.4. The molecule has 1 heterocycles. The molecule has 0 aliphatic carbocycles. The van der Waals surface area contributed by atoms with E-state index in [1.807, 2.05) is 43.3 Å². The van der Waals surface area contributed by atoms with E-state index in [1.54, 1.807) is 24.3 Å². The van der Waals surface area contributed by atoms with Crippen LogP contribution in [0.1, 0.15) is 23.6 Å². The van der Waals surface area contributed by atoms with Gasteiger partial charge in [-0.15, -0.1) is 0 Å². The highest BCUT2D eigenvalue weighted by molar-refractivity contribution is 9.10. The van der Waals surface area contributed by atoms with Crippen molar-refractivity contribution in [1.82, 2.24) is 5.32 Å². The van der Waals surface area contributed by atoms with Crippen molar-refractivity contribution < 1.29 is 23.9 Å². The van der Waals surface area contributed by atoms with Gasteiger partial charge in [-0.1, -0.05) is 67.6 Å². The number of hydrogen-bond donors (Lipinski definition) is 1. The molecule has 196 valence electrons. The van der Waals surface area contributed by atoms with Crippen LogP contribution < -0.4 is 19.7 Å². The first-order chi connectivity index (χ1) is 18.9. The molecule has 39 heavy (non-hydrogen) atoms. The highest BCUT2D eigenvalue weighted by Gasteiger charge is 2.37. The van der Waals surface area contributed by atoms with E-state index in [0.29, 0.717) is 40.3 Å². The number of benzene rings is 4. The molecule has 1 aliphatic heterocycles. The number of carbonyl (C=O) groups is 3. The van der Waals surface area contributed by atoms with Crippen molar-refractivity contribution in [2.75, 3.05) is 12.0 Å². The molecule has 7 nitrogen and oxygen atoms in total. The topological polar surface area (TPSA) is 84.9 Å². The average Bonchev–Trinajstić information content (AvgIpc) is 2.94. The van der Waals surface area contributed by atoms with Gasteiger partial charge in [-0.2, -0.15) is 0 Å². The van der Waals surface area contributed by atoms with E-state index >= 15 is 0 Å². The van der Waals surface area contributed by atoms with Crippen LogP contribution in [-0.4, -0.2) is 25.0 Å². The fourth-order valence-electron chi connectivity index (χ4n) is 4.60. The summed E-state index contributed by atoms with van der Waals surface area (Å²) in [4.78, 5) is 39.8. The zero-order valence-corrected chi connectivity index (χ0v) is 22.9. The number of halogens is 1. The highest BCUT2D eigenvalue weighted by atomic mass is 79.9. The van der Waals surface area contributed by atoms with E-state index < -0.39 is 17.8 Å². The molecule has 1 saturated heterocycles. The maximum Gasteiger partial charge on any atom is 0.335 e. The fraction of sp³-hybridized carbons (Fsp3) is 0.129. The first kappa shape index (κ1) is 26.2. The predicted molar refractivity (Wildman–Crippen MR) is 154 cm³/mol. The van der Waals surface area contributed by atoms with Crippen LogP contribution in [0, 0.1) is 0 Å². The summed E-state index contributed by atoms with van der Waals surface area (Å²) in [5.41, 5.74) is 2.63. The molecule has 0 atom stereocenters. The van der Waals surface area contributed by atoms with E-state index in [-0.39, 0.29) is 5.57 Å². The molecule has 0 saturated carbocycles. The van der Waals surface area contributed by atoms with E-state index in [1.165, 1.54) is 13.2 Å². The van der Waals surface area contributed by atoms with Crippen molar-refractivity contribution >= 4 is 56.3 Å². The summed E-state index contributed by atoms with van der Waals surface area (Å²) in [7, 11) is 1.52. The molecule has 1 fully saturated rings. The lowest BCUT2D eigenvalue weighted by molar-refractivity contribution is -0.122. The third-order valence-corrected chi connectivity index (χ3v) is 7.12. The quantitative estimate of drug-likeness (QED) is 0.200. The van der Waals surface area contributed by atoms with Crippen molar-refractivity contribution in [1.29, 1.82) is 0 Å². The number of methoxy groups -OCH3 is 1. The Balaban J connectivity index is 1.46. The van der Waals surface area contributed by atoms with E-state index in [9.17, 15) is 14.4 Å². The molecule has 1 N–H and O–H groups in total. The van der Waals surface area contributed by atoms with E-state index in [2.05, 4.69) is 39.4 Å². The number of barbiturate groups is 1. The molecule has 4 amide bonds. The highest BCUT2D eigenvalue weighted by Crippen LogP contribution is 2.38. The summed E-state index contributed by atoms with van der Waals surface area (Å²) < 4.78 is 12.3. The molecule has 0 unspecified atom stereocenters. The molecule has 4 aromatic rings.